The molecule has 0 atom stereocenters. The van der Waals surface area contributed by atoms with E-state index in [-0.39, 0.29) is 0 Å². The molecule has 60 valence electrons. The van der Waals surface area contributed by atoms with E-state index in [0.717, 1.165) is 4.90 Å². The van der Waals surface area contributed by atoms with E-state index in [0.29, 0.717) is 0 Å². The third-order valence-electron chi connectivity index (χ3n) is 1.09. The summed E-state index contributed by atoms with van der Waals surface area (Å²) in [6.07, 6.45) is 0. The molecular weight excluding hydrogens is 170 g/mol. The Balaban J connectivity index is 2.56. The van der Waals surface area contributed by atoms with Crippen molar-refractivity contribution in [2.24, 2.45) is 5.73 Å². The lowest BCUT2D eigenvalue weighted by atomic mass is 10.4. The van der Waals surface area contributed by atoms with Crippen LogP contribution in [-0.2, 0) is 4.79 Å². The highest BCUT2D eigenvalue weighted by molar-refractivity contribution is 8.04. The maximum absolute atomic E-state index is 10.2. The number of carbonyl (C=O) groups is 1. The van der Waals surface area contributed by atoms with E-state index in [1.54, 1.807) is 0 Å². The first kappa shape index (κ1) is 8.69. The number of primary amides is 1. The van der Waals surface area contributed by atoms with Gasteiger partial charge in [-0.05, 0) is 29.1 Å². The van der Waals surface area contributed by atoms with Crippen molar-refractivity contribution in [1.82, 2.24) is 0 Å². The Morgan fingerprint density at radius 3 is 2.58 bits per heavy atom. The van der Waals surface area contributed by atoms with Gasteiger partial charge in [-0.1, -0.05) is 18.2 Å². The molecule has 0 aliphatic rings. The van der Waals surface area contributed by atoms with Gasteiger partial charge in [-0.25, -0.2) is 0 Å². The standard InChI is InChI=1S/C9H7NOS/c10-9(11)6-7-12-8-4-2-1-3-5-8/h1-5H,(H2,10,11). The quantitative estimate of drug-likeness (QED) is 0.518. The molecule has 0 unspecified atom stereocenters. The third kappa shape index (κ3) is 3.13. The lowest BCUT2D eigenvalue weighted by molar-refractivity contribution is -0.112. The van der Waals surface area contributed by atoms with E-state index in [2.05, 4.69) is 11.2 Å². The number of hydrogen-bond donors (Lipinski definition) is 1. The van der Waals surface area contributed by atoms with Crippen LogP contribution in [0.3, 0.4) is 0 Å². The summed E-state index contributed by atoms with van der Waals surface area (Å²) in [4.78, 5) is 11.2. The van der Waals surface area contributed by atoms with Crippen LogP contribution in [-0.4, -0.2) is 5.91 Å². The first-order valence-corrected chi connectivity index (χ1v) is 4.13. The van der Waals surface area contributed by atoms with Crippen LogP contribution in [0.5, 0.6) is 0 Å². The lowest BCUT2D eigenvalue weighted by Gasteiger charge is -1.89. The number of amides is 1. The molecule has 0 bridgehead atoms. The van der Waals surface area contributed by atoms with Crippen LogP contribution in [0.2, 0.25) is 0 Å². The van der Waals surface area contributed by atoms with Gasteiger partial charge in [0.2, 0.25) is 0 Å². The molecule has 0 aromatic heterocycles. The predicted molar refractivity (Wildman–Crippen MR) is 49.3 cm³/mol. The fourth-order valence-corrected chi connectivity index (χ4v) is 1.19. The SMILES string of the molecule is NC(=O)C#CSc1ccccc1. The molecular formula is C9H7NOS. The van der Waals surface area contributed by atoms with Gasteiger partial charge in [0, 0.05) is 10.8 Å². The second-order valence-electron chi connectivity index (χ2n) is 2.01. The molecule has 12 heavy (non-hydrogen) atoms. The highest BCUT2D eigenvalue weighted by Crippen LogP contribution is 2.14. The molecule has 2 nitrogen and oxygen atoms in total. The average Bonchev–Trinajstić information content (AvgIpc) is 2.05. The number of hydrogen-bond acceptors (Lipinski definition) is 2. The van der Waals surface area contributed by atoms with Crippen LogP contribution in [0.25, 0.3) is 0 Å². The topological polar surface area (TPSA) is 43.1 Å². The zero-order valence-electron chi connectivity index (χ0n) is 6.28. The minimum Gasteiger partial charge on any atom is -0.359 e. The summed E-state index contributed by atoms with van der Waals surface area (Å²) in [5.74, 6) is 1.65. The molecule has 3 heteroatoms. The van der Waals surface area contributed by atoms with Crippen LogP contribution in [0, 0.1) is 11.2 Å². The molecule has 0 spiro atoms. The second kappa shape index (κ2) is 4.47. The van der Waals surface area contributed by atoms with E-state index in [9.17, 15) is 4.79 Å². The van der Waals surface area contributed by atoms with Gasteiger partial charge in [0.25, 0.3) is 5.91 Å². The molecule has 0 fully saturated rings. The normalized spacial score (nSPS) is 8.33. The van der Waals surface area contributed by atoms with Crippen LogP contribution in [0.1, 0.15) is 0 Å². The Morgan fingerprint density at radius 1 is 1.33 bits per heavy atom. The van der Waals surface area contributed by atoms with Crippen LogP contribution < -0.4 is 5.73 Å². The van der Waals surface area contributed by atoms with Crippen LogP contribution in [0.15, 0.2) is 35.2 Å². The molecule has 1 aromatic rings. The van der Waals surface area contributed by atoms with Gasteiger partial charge < -0.3 is 5.73 Å². The molecule has 0 aliphatic heterocycles. The molecule has 0 saturated carbocycles. The van der Waals surface area contributed by atoms with Crippen molar-refractivity contribution in [3.8, 4) is 11.2 Å². The van der Waals surface area contributed by atoms with E-state index in [4.69, 9.17) is 5.73 Å². The van der Waals surface area contributed by atoms with Crippen molar-refractivity contribution < 1.29 is 4.79 Å². The number of nitrogens with two attached hydrogens (primary N) is 1. The molecule has 0 aliphatic carbocycles. The molecule has 0 saturated heterocycles. The summed E-state index contributed by atoms with van der Waals surface area (Å²) in [6.45, 7) is 0. The minimum absolute atomic E-state index is 0.599. The zero-order chi connectivity index (χ0) is 8.81. The Kier molecular flexibility index (Phi) is 3.24. The Labute approximate surface area is 75.1 Å². The number of rotatable bonds is 1. The van der Waals surface area contributed by atoms with Gasteiger partial charge in [0.05, 0.1) is 0 Å². The van der Waals surface area contributed by atoms with E-state index in [1.807, 2.05) is 30.3 Å². The van der Waals surface area contributed by atoms with Gasteiger partial charge in [0.15, 0.2) is 0 Å². The number of carbonyl (C=O) groups excluding carboxylic acids is 1. The summed E-state index contributed by atoms with van der Waals surface area (Å²) in [5, 5.41) is 2.59. The first-order valence-electron chi connectivity index (χ1n) is 3.31. The van der Waals surface area contributed by atoms with E-state index >= 15 is 0 Å². The zero-order valence-corrected chi connectivity index (χ0v) is 7.10. The molecule has 0 radical (unpaired) electrons. The molecule has 0 heterocycles. The maximum atomic E-state index is 10.2. The van der Waals surface area contributed by atoms with Gasteiger partial charge in [-0.15, -0.1) is 0 Å². The van der Waals surface area contributed by atoms with Crippen molar-refractivity contribution >= 4 is 17.7 Å². The fourth-order valence-electron chi connectivity index (χ4n) is 0.623. The Morgan fingerprint density at radius 2 is 2.00 bits per heavy atom. The summed E-state index contributed by atoms with van der Waals surface area (Å²) < 4.78 is 0. The largest absolute Gasteiger partial charge is 0.359 e. The van der Waals surface area contributed by atoms with E-state index in [1.165, 1.54) is 11.8 Å². The smallest absolute Gasteiger partial charge is 0.294 e. The maximum Gasteiger partial charge on any atom is 0.294 e. The Hall–Kier alpha value is -1.40. The predicted octanol–water partition coefficient (Wildman–Crippen LogP) is 1.22. The highest BCUT2D eigenvalue weighted by atomic mass is 32.2. The van der Waals surface area contributed by atoms with Gasteiger partial charge >= 0.3 is 0 Å². The summed E-state index contributed by atoms with van der Waals surface area (Å²) in [5.41, 5.74) is 4.83. The average molecular weight is 177 g/mol. The van der Waals surface area contributed by atoms with Crippen molar-refractivity contribution in [3.63, 3.8) is 0 Å². The van der Waals surface area contributed by atoms with Gasteiger partial charge in [-0.2, -0.15) is 0 Å². The highest BCUT2D eigenvalue weighted by Gasteiger charge is 1.86. The molecule has 1 aromatic carbocycles. The lowest BCUT2D eigenvalue weighted by Crippen LogP contribution is -2.05. The van der Waals surface area contributed by atoms with Gasteiger partial charge in [0.1, 0.15) is 0 Å². The molecule has 2 N–H and O–H groups in total. The molecule has 1 amide bonds. The Bertz CT molecular complexity index is 323. The summed E-state index contributed by atoms with van der Waals surface area (Å²) in [6, 6.07) is 9.58. The van der Waals surface area contributed by atoms with Crippen molar-refractivity contribution in [1.29, 1.82) is 0 Å². The van der Waals surface area contributed by atoms with Crippen molar-refractivity contribution in [2.75, 3.05) is 0 Å². The summed E-state index contributed by atoms with van der Waals surface area (Å²) in [7, 11) is 0. The monoisotopic (exact) mass is 177 g/mol. The molecule has 1 rings (SSSR count). The second-order valence-corrected chi connectivity index (χ2v) is 2.89. The summed E-state index contributed by atoms with van der Waals surface area (Å²) >= 11 is 1.29. The van der Waals surface area contributed by atoms with Crippen LogP contribution >= 0.6 is 11.8 Å². The number of benzene rings is 1. The minimum atomic E-state index is -0.599. The number of thioether (sulfide) groups is 1. The van der Waals surface area contributed by atoms with Crippen LogP contribution in [0.4, 0.5) is 0 Å². The third-order valence-corrected chi connectivity index (χ3v) is 1.80. The van der Waals surface area contributed by atoms with Crippen molar-refractivity contribution in [3.05, 3.63) is 30.3 Å². The first-order chi connectivity index (χ1) is 5.79. The van der Waals surface area contributed by atoms with Crippen molar-refractivity contribution in [2.45, 2.75) is 4.90 Å². The van der Waals surface area contributed by atoms with E-state index < -0.39 is 5.91 Å². The van der Waals surface area contributed by atoms with Gasteiger partial charge in [-0.3, -0.25) is 4.79 Å². The fraction of sp³-hybridized carbons (Fsp3) is 0.